The second-order valence-electron chi connectivity index (χ2n) is 17.4. The molecule has 5 aromatic rings. The lowest BCUT2D eigenvalue weighted by atomic mass is 9.95. The number of imidazole rings is 2. The van der Waals surface area contributed by atoms with Gasteiger partial charge >= 0.3 is 12.2 Å². The number of alkyl halides is 2. The number of fused-ring (bicyclic) bond motifs is 6. The number of carbonyl (C=O) groups excluding carboxylic acids is 4. The average molecular weight is 905 g/mol. The summed E-state index contributed by atoms with van der Waals surface area (Å²) >= 11 is 0. The van der Waals surface area contributed by atoms with E-state index < -0.39 is 105 Å². The van der Waals surface area contributed by atoms with Crippen molar-refractivity contribution in [3.8, 4) is 33.5 Å². The molecule has 340 valence electrons. The first-order valence-corrected chi connectivity index (χ1v) is 21.0. The number of aromatic amines is 2. The number of hydrogen-bond acceptors (Lipinski definition) is 8. The maximum absolute atomic E-state index is 16.9. The summed E-state index contributed by atoms with van der Waals surface area (Å²) in [4.78, 5) is 72.2. The Bertz CT molecular complexity index is 3390. The van der Waals surface area contributed by atoms with Crippen LogP contribution in [-0.2, 0) is 25.0 Å². The van der Waals surface area contributed by atoms with Crippen molar-refractivity contribution in [1.29, 1.82) is 0 Å². The number of amides is 4. The summed E-state index contributed by atoms with van der Waals surface area (Å²) in [5, 5.41) is 3.56. The zero-order valence-corrected chi connectivity index (χ0v) is 35.0. The van der Waals surface area contributed by atoms with Gasteiger partial charge in [-0.15, -0.1) is 0 Å². The van der Waals surface area contributed by atoms with Gasteiger partial charge in [0.25, 0.3) is 5.92 Å². The lowest BCUT2D eigenvalue weighted by Gasteiger charge is -2.37. The molecule has 2 bridgehead atoms. The SMILES string of the molecule is [2H]C([2H])([2H])C([2H])(C([2H])([2H])[2H])C([2H])(NC(=O)OC)C(=O)N1CC2(CC2)C[C@H]1c1ncc(-c2ccc3c(c2)C(F)(F)c2cc(-c4ccc5nc([C@@H]6[C@H]7CC[C@H](C7)N6C(=O)C([2H])(NC(=O)OC)C([2H])(C([2H])([2H])[2H])C([2H])([2H])[2H])[nH]c5c4)ccc2-3)[nH]1. The van der Waals surface area contributed by atoms with E-state index in [1.165, 1.54) is 24.4 Å². The summed E-state index contributed by atoms with van der Waals surface area (Å²) in [6, 6.07) is 3.92. The maximum atomic E-state index is 16.9. The number of nitrogens with zero attached hydrogens (tertiary/aromatic N) is 4. The van der Waals surface area contributed by atoms with Crippen molar-refractivity contribution in [3.05, 3.63) is 83.6 Å². The molecule has 2 aliphatic heterocycles. The normalized spacial score (nSPS) is 28.6. The molecule has 10 rings (SSSR count). The number of halogens is 2. The Labute approximate surface area is 397 Å². The molecule has 6 atom stereocenters. The zero-order valence-electron chi connectivity index (χ0n) is 51.0. The second-order valence-corrected chi connectivity index (χ2v) is 17.4. The standard InChI is InChI=1S/C49H54F2N8O6/c1-24(2)39(56-46(62)64-5)44(60)58-23-48(15-16-48)21-38(58)42-52-22-37(55-42)28-9-13-32-31-12-8-26(18-33(31)49(50,51)34(32)19-28)27-10-14-35-36(20-27)54-43(53-35)41-29-7-11-30(17-29)59(41)45(61)40(25(3)4)57-47(63)65-6/h8-10,12-14,18-20,22,24-25,29-30,38-41H,7,11,15-17,21,23H2,1-6H3,(H,52,55)(H,53,54)(H,56,62)(H,57,63)/t29-,30+,38-,39?,40?,41-/m0/s1/i1D3,2D3,3D3,4D3,24D,25D,39D,40D. The van der Waals surface area contributed by atoms with Crippen molar-refractivity contribution in [3.63, 3.8) is 0 Å². The van der Waals surface area contributed by atoms with Crippen LogP contribution < -0.4 is 10.6 Å². The first-order valence-electron chi connectivity index (χ1n) is 29.0. The van der Waals surface area contributed by atoms with Crippen LogP contribution in [0.5, 0.6) is 0 Å². The van der Waals surface area contributed by atoms with E-state index in [1.54, 1.807) is 47.0 Å². The second kappa shape index (κ2) is 15.7. The van der Waals surface area contributed by atoms with Crippen LogP contribution in [0, 0.1) is 23.1 Å². The lowest BCUT2D eigenvalue weighted by molar-refractivity contribution is -0.139. The minimum absolute atomic E-state index is 0.0868. The molecule has 3 aliphatic carbocycles. The number of H-pyrrole nitrogens is 2. The van der Waals surface area contributed by atoms with E-state index in [0.29, 0.717) is 54.3 Å². The largest absolute Gasteiger partial charge is 0.453 e. The fourth-order valence-corrected chi connectivity index (χ4v) is 10.3. The third-order valence-electron chi connectivity index (χ3n) is 13.6. The highest BCUT2D eigenvalue weighted by Crippen LogP contribution is 2.59. The number of methoxy groups -OCH3 is 2. The number of nitrogens with one attached hydrogen (secondary N) is 4. The highest BCUT2D eigenvalue weighted by molar-refractivity contribution is 5.89. The van der Waals surface area contributed by atoms with Crippen LogP contribution in [0.4, 0.5) is 18.4 Å². The summed E-state index contributed by atoms with van der Waals surface area (Å²) < 4.78 is 176. The molecule has 16 heteroatoms. The molecule has 2 unspecified atom stereocenters. The molecule has 5 aliphatic rings. The molecular formula is C49H54F2N8O6. The number of aromatic nitrogens is 4. The number of piperidine rings is 1. The maximum Gasteiger partial charge on any atom is 0.407 e. The third-order valence-corrected chi connectivity index (χ3v) is 13.6. The van der Waals surface area contributed by atoms with Gasteiger partial charge in [-0.3, -0.25) is 9.59 Å². The fourth-order valence-electron chi connectivity index (χ4n) is 10.3. The Balaban J connectivity index is 0.928. The van der Waals surface area contributed by atoms with Gasteiger partial charge in [-0.25, -0.2) is 19.6 Å². The van der Waals surface area contributed by atoms with Crippen LogP contribution in [0.3, 0.4) is 0 Å². The number of rotatable bonds is 10. The Morgan fingerprint density at radius 3 is 2.12 bits per heavy atom. The number of hydrogen-bond donors (Lipinski definition) is 4. The third kappa shape index (κ3) is 7.19. The quantitative estimate of drug-likeness (QED) is 0.108. The van der Waals surface area contributed by atoms with E-state index in [2.05, 4.69) is 24.4 Å². The summed E-state index contributed by atoms with van der Waals surface area (Å²) in [7, 11) is 1.71. The van der Waals surface area contributed by atoms with Crippen LogP contribution in [0.15, 0.2) is 60.8 Å². The molecule has 4 fully saturated rings. The molecular weight excluding hydrogens is 835 g/mol. The average Bonchev–Trinajstić information content (AvgIpc) is 2.11. The van der Waals surface area contributed by atoms with Crippen molar-refractivity contribution in [2.45, 2.75) is 102 Å². The van der Waals surface area contributed by atoms with E-state index in [0.717, 1.165) is 24.0 Å². The van der Waals surface area contributed by atoms with Crippen LogP contribution in [0.1, 0.15) is 123 Å². The Morgan fingerprint density at radius 2 is 1.46 bits per heavy atom. The topological polar surface area (TPSA) is 175 Å². The number of carbonyl (C=O) groups is 4. The van der Waals surface area contributed by atoms with Gasteiger partial charge in [0, 0.05) is 48.5 Å². The van der Waals surface area contributed by atoms with Gasteiger partial charge in [-0.1, -0.05) is 57.7 Å². The molecule has 2 aromatic heterocycles. The monoisotopic (exact) mass is 905 g/mol. The number of benzene rings is 3. The highest BCUT2D eigenvalue weighted by Gasteiger charge is 2.56. The minimum Gasteiger partial charge on any atom is -0.453 e. The van der Waals surface area contributed by atoms with E-state index >= 15 is 8.78 Å². The van der Waals surface area contributed by atoms with Crippen molar-refractivity contribution in [1.82, 2.24) is 40.4 Å². The minimum atomic E-state index is -3.91. The van der Waals surface area contributed by atoms with Crippen LogP contribution >= 0.6 is 0 Å². The van der Waals surface area contributed by atoms with Gasteiger partial charge in [-0.2, -0.15) is 8.78 Å². The smallest absolute Gasteiger partial charge is 0.407 e. The van der Waals surface area contributed by atoms with Gasteiger partial charge in [-0.05, 0) is 108 Å². The molecule has 0 radical (unpaired) electrons. The van der Waals surface area contributed by atoms with Gasteiger partial charge in [0.1, 0.15) is 23.7 Å². The highest BCUT2D eigenvalue weighted by atomic mass is 19.3. The number of ether oxygens (including phenoxy) is 2. The first kappa shape index (κ1) is 27.9. The Kier molecular flexibility index (Phi) is 6.73. The summed E-state index contributed by atoms with van der Waals surface area (Å²) in [5.41, 5.74) is 1.40. The van der Waals surface area contributed by atoms with Crippen molar-refractivity contribution < 1.29 is 59.4 Å². The van der Waals surface area contributed by atoms with E-state index in [1.807, 2.05) is 0 Å². The van der Waals surface area contributed by atoms with E-state index in [9.17, 15) is 20.5 Å². The summed E-state index contributed by atoms with van der Waals surface area (Å²) in [6.07, 6.45) is 1.03. The van der Waals surface area contributed by atoms with Gasteiger partial charge in [0.15, 0.2) is 0 Å². The van der Waals surface area contributed by atoms with Gasteiger partial charge < -0.3 is 39.9 Å². The summed E-state index contributed by atoms with van der Waals surface area (Å²) in [6.45, 7) is -15.4. The molecule has 4 N–H and O–H groups in total. The van der Waals surface area contributed by atoms with Crippen LogP contribution in [0.25, 0.3) is 44.5 Å². The zero-order chi connectivity index (χ0) is 59.4. The van der Waals surface area contributed by atoms with Crippen molar-refractivity contribution in [2.24, 2.45) is 23.1 Å². The van der Waals surface area contributed by atoms with E-state index in [-0.39, 0.29) is 64.0 Å². The van der Waals surface area contributed by atoms with Crippen LogP contribution in [-0.4, -0.2) is 92.6 Å². The lowest BCUT2D eigenvalue weighted by Crippen LogP contribution is -2.54. The predicted octanol–water partition coefficient (Wildman–Crippen LogP) is 8.61. The molecule has 4 heterocycles. The van der Waals surface area contributed by atoms with Gasteiger partial charge in [0.05, 0.1) is 52.0 Å². The summed E-state index contributed by atoms with van der Waals surface area (Å²) in [5.74, 6) is -14.4. The van der Waals surface area contributed by atoms with Crippen molar-refractivity contribution in [2.75, 3.05) is 20.8 Å². The predicted molar refractivity (Wildman–Crippen MR) is 237 cm³/mol. The first-order chi connectivity index (χ1) is 37.4. The molecule has 3 aromatic carbocycles. The Hall–Kier alpha value is -6.32. The molecule has 4 amide bonds. The number of likely N-dealkylation sites (tertiary alicyclic amines) is 2. The molecule has 2 saturated carbocycles. The fraction of sp³-hybridized carbons (Fsp3) is 0.469. The molecule has 65 heavy (non-hydrogen) atoms. The van der Waals surface area contributed by atoms with Gasteiger partial charge in [0.2, 0.25) is 11.8 Å². The van der Waals surface area contributed by atoms with Crippen molar-refractivity contribution >= 4 is 35.0 Å². The Morgan fingerprint density at radius 1 is 0.831 bits per heavy atom. The number of alkyl carbamates (subject to hydrolysis) is 2. The molecule has 1 spiro atoms. The molecule has 2 saturated heterocycles. The van der Waals surface area contributed by atoms with E-state index in [4.69, 9.17) is 25.5 Å². The van der Waals surface area contributed by atoms with Crippen LogP contribution in [0.2, 0.25) is 0 Å². The molecule has 14 nitrogen and oxygen atoms in total.